The molecule has 0 amide bonds. The summed E-state index contributed by atoms with van der Waals surface area (Å²) in [5.74, 6) is -0.0472. The molecule has 2 nitrogen and oxygen atoms in total. The van der Waals surface area contributed by atoms with Crippen LogP contribution >= 0.6 is 0 Å². The predicted molar refractivity (Wildman–Crippen MR) is 58.0 cm³/mol. The van der Waals surface area contributed by atoms with E-state index in [1.807, 2.05) is 6.92 Å². The van der Waals surface area contributed by atoms with Gasteiger partial charge in [-0.05, 0) is 13.3 Å². The van der Waals surface area contributed by atoms with Crippen molar-refractivity contribution in [3.05, 3.63) is 0 Å². The van der Waals surface area contributed by atoms with Gasteiger partial charge in [0.15, 0.2) is 0 Å². The Morgan fingerprint density at radius 1 is 1.15 bits per heavy atom. The Morgan fingerprint density at radius 2 is 1.77 bits per heavy atom. The van der Waals surface area contributed by atoms with Gasteiger partial charge in [-0.25, -0.2) is 0 Å². The van der Waals surface area contributed by atoms with E-state index in [-0.39, 0.29) is 31.9 Å². The van der Waals surface area contributed by atoms with E-state index >= 15 is 0 Å². The maximum absolute atomic E-state index is 10.9. The molecule has 0 spiro atoms. The minimum absolute atomic E-state index is 0. The van der Waals surface area contributed by atoms with Crippen molar-refractivity contribution in [3.63, 3.8) is 0 Å². The van der Waals surface area contributed by atoms with Gasteiger partial charge in [0.1, 0.15) is 0 Å². The summed E-state index contributed by atoms with van der Waals surface area (Å²) in [6.45, 7) is 4.54. The third kappa shape index (κ3) is 12.2. The van der Waals surface area contributed by atoms with Crippen LogP contribution in [0.2, 0.25) is 0 Å². The Hall–Kier alpha value is 0.236. The van der Waals surface area contributed by atoms with Crippen LogP contribution < -0.4 is 0 Å². The average molecular weight is 199 g/mol. The van der Waals surface area contributed by atoms with E-state index in [4.69, 9.17) is 4.74 Å². The predicted octanol–water partition coefficient (Wildman–Crippen LogP) is 2.75. The van der Waals surface area contributed by atoms with E-state index in [9.17, 15) is 4.79 Å². The monoisotopic (exact) mass is 198 g/mol. The maximum Gasteiger partial charge on any atom is 2.00 e. The zero-order valence-corrected chi connectivity index (χ0v) is 10.4. The summed E-state index contributed by atoms with van der Waals surface area (Å²) < 4.78 is 4.81. The van der Waals surface area contributed by atoms with Crippen LogP contribution in [0.5, 0.6) is 0 Å². The molecule has 0 fully saturated rings. The van der Waals surface area contributed by atoms with Gasteiger partial charge < -0.3 is 7.59 Å². The zero-order chi connectivity index (χ0) is 9.23. The zero-order valence-electron chi connectivity index (χ0n) is 11.0. The fraction of sp³-hybridized carbons (Fsp3) is 0.900. The minimum Gasteiger partial charge on any atom is -1.00 e. The molecule has 0 bridgehead atoms. The van der Waals surface area contributed by atoms with Crippen LogP contribution in [0.25, 0.3) is 0 Å². The van der Waals surface area contributed by atoms with Crippen LogP contribution in [-0.4, -0.2) is 35.6 Å². The standard InChI is InChI=1S/C10H20O2.Mg.2H/c1-3-5-6-7-8-9-10(11)12-4-2;;;/h3-9H2,1-2H3;;;/q;+2;2*-1. The summed E-state index contributed by atoms with van der Waals surface area (Å²) in [6, 6.07) is 0. The number of hydrogen-bond donors (Lipinski definition) is 0. The average Bonchev–Trinajstić information content (AvgIpc) is 2.05. The van der Waals surface area contributed by atoms with Gasteiger partial charge in [-0.3, -0.25) is 4.79 Å². The van der Waals surface area contributed by atoms with Crippen molar-refractivity contribution < 1.29 is 12.4 Å². The SMILES string of the molecule is CCCCCCCC(=O)OCC.[H-].[H-].[Mg+2]. The molecule has 0 heterocycles. The number of carbonyl (C=O) groups excluding carboxylic acids is 1. The van der Waals surface area contributed by atoms with Gasteiger partial charge in [-0.2, -0.15) is 0 Å². The van der Waals surface area contributed by atoms with Crippen molar-refractivity contribution >= 4 is 29.0 Å². The molecule has 0 aromatic heterocycles. The summed E-state index contributed by atoms with van der Waals surface area (Å²) in [5.41, 5.74) is 0. The first-order valence-corrected chi connectivity index (χ1v) is 4.96. The Labute approximate surface area is 101 Å². The summed E-state index contributed by atoms with van der Waals surface area (Å²) in [6.07, 6.45) is 6.52. The van der Waals surface area contributed by atoms with Crippen LogP contribution in [0.4, 0.5) is 0 Å². The molecule has 0 aliphatic carbocycles. The molecule has 0 aliphatic heterocycles. The molecular weight excluding hydrogens is 176 g/mol. The van der Waals surface area contributed by atoms with Crippen LogP contribution in [0.3, 0.4) is 0 Å². The van der Waals surface area contributed by atoms with Gasteiger partial charge in [0, 0.05) is 6.42 Å². The molecule has 13 heavy (non-hydrogen) atoms. The first kappa shape index (κ1) is 15.7. The first-order valence-electron chi connectivity index (χ1n) is 4.96. The topological polar surface area (TPSA) is 26.3 Å². The van der Waals surface area contributed by atoms with Gasteiger partial charge in [-0.15, -0.1) is 0 Å². The molecule has 3 heteroatoms. The van der Waals surface area contributed by atoms with E-state index in [1.165, 1.54) is 19.3 Å². The molecule has 0 aromatic carbocycles. The van der Waals surface area contributed by atoms with Crippen LogP contribution in [0.15, 0.2) is 0 Å². The molecule has 0 saturated heterocycles. The second-order valence-corrected chi connectivity index (χ2v) is 2.97. The van der Waals surface area contributed by atoms with Gasteiger partial charge >= 0.3 is 29.0 Å². The van der Waals surface area contributed by atoms with Gasteiger partial charge in [0.2, 0.25) is 0 Å². The van der Waals surface area contributed by atoms with E-state index in [0.717, 1.165) is 12.8 Å². The van der Waals surface area contributed by atoms with Crippen molar-refractivity contribution in [2.24, 2.45) is 0 Å². The van der Waals surface area contributed by atoms with Gasteiger partial charge in [-0.1, -0.05) is 32.6 Å². The fourth-order valence-electron chi connectivity index (χ4n) is 1.11. The maximum atomic E-state index is 10.9. The van der Waals surface area contributed by atoms with Gasteiger partial charge in [0.25, 0.3) is 0 Å². The van der Waals surface area contributed by atoms with Crippen LogP contribution in [-0.2, 0) is 9.53 Å². The molecular formula is C10H22MgO2. The smallest absolute Gasteiger partial charge is 1.00 e. The molecule has 0 saturated carbocycles. The molecule has 0 unspecified atom stereocenters. The second-order valence-electron chi connectivity index (χ2n) is 2.97. The number of rotatable bonds is 7. The molecule has 0 rings (SSSR count). The van der Waals surface area contributed by atoms with E-state index in [1.54, 1.807) is 0 Å². The second kappa shape index (κ2) is 12.2. The summed E-state index contributed by atoms with van der Waals surface area (Å²) in [5, 5.41) is 0. The quantitative estimate of drug-likeness (QED) is 0.357. The molecule has 0 atom stereocenters. The molecule has 0 aliphatic rings. The van der Waals surface area contributed by atoms with Crippen LogP contribution in [0.1, 0.15) is 55.2 Å². The number of ether oxygens (including phenoxy) is 1. The Bertz CT molecular complexity index is 124. The first-order chi connectivity index (χ1) is 5.81. The van der Waals surface area contributed by atoms with Crippen molar-refractivity contribution in [1.82, 2.24) is 0 Å². The summed E-state index contributed by atoms with van der Waals surface area (Å²) >= 11 is 0. The van der Waals surface area contributed by atoms with Gasteiger partial charge in [0.05, 0.1) is 6.61 Å². The molecule has 0 aromatic rings. The summed E-state index contributed by atoms with van der Waals surface area (Å²) in [7, 11) is 0. The van der Waals surface area contributed by atoms with Crippen molar-refractivity contribution in [2.45, 2.75) is 52.4 Å². The van der Waals surface area contributed by atoms with Crippen molar-refractivity contribution in [2.75, 3.05) is 6.61 Å². The molecule has 0 radical (unpaired) electrons. The number of esters is 1. The van der Waals surface area contributed by atoms with E-state index in [0.29, 0.717) is 13.0 Å². The number of hydrogen-bond acceptors (Lipinski definition) is 2. The number of unbranched alkanes of at least 4 members (excludes halogenated alkanes) is 4. The number of carbonyl (C=O) groups is 1. The van der Waals surface area contributed by atoms with Crippen molar-refractivity contribution in [3.8, 4) is 0 Å². The largest absolute Gasteiger partial charge is 2.00 e. The fourth-order valence-corrected chi connectivity index (χ4v) is 1.11. The third-order valence-electron chi connectivity index (χ3n) is 1.79. The molecule has 0 N–H and O–H groups in total. The Morgan fingerprint density at radius 3 is 2.31 bits per heavy atom. The van der Waals surface area contributed by atoms with Crippen molar-refractivity contribution in [1.29, 1.82) is 0 Å². The Balaban J connectivity index is -0.000000202. The van der Waals surface area contributed by atoms with E-state index < -0.39 is 0 Å². The minimum atomic E-state index is -0.0472. The normalized spacial score (nSPS) is 9.08. The summed E-state index contributed by atoms with van der Waals surface area (Å²) in [4.78, 5) is 10.9. The molecule has 76 valence electrons. The third-order valence-corrected chi connectivity index (χ3v) is 1.79. The van der Waals surface area contributed by atoms with Crippen LogP contribution in [0, 0.1) is 0 Å². The Kier molecular flexibility index (Phi) is 14.8. The van der Waals surface area contributed by atoms with E-state index in [2.05, 4.69) is 6.92 Å².